The SMILES string of the molecule is C.C.S.S.S.S.S.S.[C-]#[N+]C[C@H]1CN(c2nc(OC[C@@H]3CCCN3C)nc3c2CCN(c2cccc4cccc(Cl)c24)C3)CCN1C(=O)/C=C/CN(C)CC(F)(F)F.[C-]#[N+]C[C@H]1CN(c2nc(OC[C@@H]3CCCN3C)nc3c2CCN(c2cccc4cccc(Cl)c24)C3)CCN1C(=O)/C=C/CN1CC(F)C1.[C-]#[N+]C[C@H]1CN(c2nc(OC[C@@H]3CCCN3C)nc3c2CCN(c2cccc4cccc(Cl)c24)C3)CCN1C(=O)C#CCO. The Morgan fingerprint density at radius 1 is 0.460 bits per heavy atom. The van der Waals surface area contributed by atoms with Crippen molar-refractivity contribution >= 4 is 200 Å². The van der Waals surface area contributed by atoms with Crippen LogP contribution in [0.1, 0.15) is 87.2 Å². The molecule has 0 radical (unpaired) electrons. The third kappa shape index (κ3) is 29.7. The second-order valence-electron chi connectivity index (χ2n) is 38.2. The molecule has 0 aliphatic carbocycles. The van der Waals surface area contributed by atoms with Crippen LogP contribution in [-0.2, 0) is 53.3 Å². The molecule has 6 aromatic carbocycles. The molecule has 30 nitrogen and oxygen atoms in total. The number of alkyl halides is 4. The number of ether oxygens (including phenoxy) is 3. The van der Waals surface area contributed by atoms with Crippen LogP contribution >= 0.6 is 116 Å². The Balaban J connectivity index is 0.000000244. The van der Waals surface area contributed by atoms with Gasteiger partial charge in [-0.3, -0.25) is 24.2 Å². The number of likely N-dealkylation sites (tertiary alicyclic amines) is 4. The van der Waals surface area contributed by atoms with Crippen LogP contribution in [0.15, 0.2) is 133 Å². The van der Waals surface area contributed by atoms with Gasteiger partial charge in [-0.2, -0.15) is 124 Å². The molecule has 150 heavy (non-hydrogen) atoms. The third-order valence-electron chi connectivity index (χ3n) is 28.8. The zero-order chi connectivity index (χ0) is 99.2. The molecule has 6 atom stereocenters. The molecule has 10 aliphatic rings. The monoisotopic (exact) mass is 2230 g/mol. The van der Waals surface area contributed by atoms with Gasteiger partial charge in [-0.15, -0.1) is 0 Å². The maximum atomic E-state index is 13.3. The molecule has 0 unspecified atom stereocenters. The number of likely N-dealkylation sites (N-methyl/N-ethyl adjacent to an activating group) is 4. The highest BCUT2D eigenvalue weighted by atomic mass is 35.5. The van der Waals surface area contributed by atoms with Crippen LogP contribution in [-0.4, -0.2) is 346 Å². The van der Waals surface area contributed by atoms with Crippen molar-refractivity contribution < 1.29 is 51.3 Å². The molecule has 7 fully saturated rings. The Hall–Kier alpha value is -10.1. The van der Waals surface area contributed by atoms with E-state index in [9.17, 15) is 31.9 Å². The maximum Gasteiger partial charge on any atom is 0.401 e. The number of aliphatic hydroxyl groups is 1. The number of benzene rings is 6. The average Bonchev–Trinajstić information content (AvgIpc) is 0.897. The highest BCUT2D eigenvalue weighted by Gasteiger charge is 2.42. The number of carbonyl (C=O) groups excluding carboxylic acids is 3. The summed E-state index contributed by atoms with van der Waals surface area (Å²) >= 11 is 20.1. The van der Waals surface area contributed by atoms with Crippen LogP contribution in [0, 0.1) is 31.6 Å². The molecule has 3 amide bonds. The number of halogens is 7. The number of aliphatic hydroxyl groups excluding tert-OH is 1. The quantitative estimate of drug-likeness (QED) is 0.0242. The van der Waals surface area contributed by atoms with E-state index in [1.54, 1.807) is 26.9 Å². The van der Waals surface area contributed by atoms with E-state index in [0.717, 1.165) is 206 Å². The van der Waals surface area contributed by atoms with Gasteiger partial charge in [-0.05, 0) is 164 Å². The normalized spacial score (nSPS) is 19.8. The van der Waals surface area contributed by atoms with Crippen LogP contribution in [0.4, 0.5) is 52.1 Å². The van der Waals surface area contributed by atoms with E-state index >= 15 is 0 Å². The smallest absolute Gasteiger partial charge is 0.401 e. The molecule has 0 saturated carbocycles. The van der Waals surface area contributed by atoms with Gasteiger partial charge in [0.2, 0.25) is 31.4 Å². The van der Waals surface area contributed by atoms with Gasteiger partial charge in [0.1, 0.15) is 68.2 Å². The summed E-state index contributed by atoms with van der Waals surface area (Å²) in [6, 6.07) is 37.5. The van der Waals surface area contributed by atoms with Gasteiger partial charge in [-0.25, -0.2) is 24.1 Å². The lowest BCUT2D eigenvalue weighted by Gasteiger charge is -2.41. The molecule has 13 heterocycles. The molecular weight excluding hydrogens is 2090 g/mol. The van der Waals surface area contributed by atoms with Gasteiger partial charge in [0.15, 0.2) is 0 Å². The Labute approximate surface area is 935 Å². The summed E-state index contributed by atoms with van der Waals surface area (Å²) in [7, 11) is 7.70. The maximum absolute atomic E-state index is 13.3. The molecular formula is C107H140Cl3F4N23O7S6. The summed E-state index contributed by atoms with van der Waals surface area (Å²) in [6.45, 7) is 35.9. The Kier molecular flexibility index (Phi) is 47.1. The van der Waals surface area contributed by atoms with Crippen LogP contribution in [0.5, 0.6) is 18.0 Å². The summed E-state index contributed by atoms with van der Waals surface area (Å²) in [5.74, 6) is 6.53. The van der Waals surface area contributed by atoms with Gasteiger partial charge >= 0.3 is 24.2 Å². The number of fused-ring (bicyclic) bond motifs is 6. The predicted molar refractivity (Wildman–Crippen MR) is 622 cm³/mol. The average molecular weight is 2240 g/mol. The van der Waals surface area contributed by atoms with Gasteiger partial charge in [0, 0.05) is 185 Å². The van der Waals surface area contributed by atoms with E-state index < -0.39 is 24.9 Å². The summed E-state index contributed by atoms with van der Waals surface area (Å²) in [5, 5.41) is 17.5. The van der Waals surface area contributed by atoms with Crippen molar-refractivity contribution in [3.8, 4) is 29.9 Å². The number of piperazine rings is 3. The molecule has 19 rings (SSSR count). The number of amides is 3. The minimum Gasteiger partial charge on any atom is -0.462 e. The first kappa shape index (κ1) is 123. The zero-order valence-corrected chi connectivity index (χ0v) is 91.9. The lowest BCUT2D eigenvalue weighted by Crippen LogP contribution is -2.56. The Morgan fingerprint density at radius 3 is 1.11 bits per heavy atom. The molecule has 0 spiro atoms. The highest BCUT2D eigenvalue weighted by Crippen LogP contribution is 2.43. The van der Waals surface area contributed by atoms with E-state index in [1.165, 1.54) is 19.2 Å². The van der Waals surface area contributed by atoms with Crippen molar-refractivity contribution in [3.05, 3.63) is 217 Å². The van der Waals surface area contributed by atoms with E-state index in [4.69, 9.17) is 104 Å². The summed E-state index contributed by atoms with van der Waals surface area (Å²) in [6.07, 6.45) is 9.82. The molecule has 9 aromatic rings. The Morgan fingerprint density at radius 2 is 0.793 bits per heavy atom. The minimum atomic E-state index is -4.32. The molecule has 10 aliphatic heterocycles. The Bertz CT molecular complexity index is 6350. The number of rotatable bonds is 25. The van der Waals surface area contributed by atoms with Crippen molar-refractivity contribution in [1.29, 1.82) is 0 Å². The highest BCUT2D eigenvalue weighted by molar-refractivity contribution is 7.60. The number of hydrogen-bond acceptors (Lipinski definition) is 24. The number of anilines is 6. The molecule has 1 N–H and O–H groups in total. The van der Waals surface area contributed by atoms with Crippen molar-refractivity contribution in [3.63, 3.8) is 0 Å². The first-order chi connectivity index (χ1) is 68.8. The van der Waals surface area contributed by atoms with Crippen molar-refractivity contribution in [1.82, 2.24) is 69.1 Å². The second kappa shape index (κ2) is 57.2. The van der Waals surface area contributed by atoms with Crippen LogP contribution in [0.3, 0.4) is 0 Å². The molecule has 0 bridgehead atoms. The summed E-state index contributed by atoms with van der Waals surface area (Å²) < 4.78 is 70.2. The van der Waals surface area contributed by atoms with Crippen LogP contribution in [0.2, 0.25) is 15.1 Å². The fourth-order valence-corrected chi connectivity index (χ4v) is 22.1. The van der Waals surface area contributed by atoms with Crippen LogP contribution in [0.25, 0.3) is 46.9 Å². The number of nitrogens with zero attached hydrogens (tertiary/aromatic N) is 23. The van der Waals surface area contributed by atoms with Gasteiger partial charge in [0.25, 0.3) is 5.91 Å². The van der Waals surface area contributed by atoms with Crippen molar-refractivity contribution in [2.45, 2.75) is 141 Å². The fraction of sp³-hybridized carbons (Fsp3) is 0.495. The van der Waals surface area contributed by atoms with Crippen molar-refractivity contribution in [2.75, 3.05) is 235 Å². The lowest BCUT2D eigenvalue weighted by atomic mass is 10.0. The van der Waals surface area contributed by atoms with Crippen LogP contribution < -0.4 is 43.6 Å². The van der Waals surface area contributed by atoms with Gasteiger partial charge in [0.05, 0.1) is 58.3 Å². The number of aromatic nitrogens is 6. The van der Waals surface area contributed by atoms with Gasteiger partial charge in [-0.1, -0.05) is 141 Å². The fourth-order valence-electron chi connectivity index (χ4n) is 21.3. The summed E-state index contributed by atoms with van der Waals surface area (Å²) in [4.78, 5) is 109. The summed E-state index contributed by atoms with van der Waals surface area (Å²) in [5.41, 5.74) is 9.07. The van der Waals surface area contributed by atoms with E-state index in [-0.39, 0.29) is 164 Å². The second-order valence-corrected chi connectivity index (χ2v) is 39.4. The van der Waals surface area contributed by atoms with E-state index in [0.29, 0.717) is 160 Å². The molecule has 810 valence electrons. The molecule has 3 aromatic heterocycles. The first-order valence-corrected chi connectivity index (χ1v) is 50.1. The standard InChI is InChI=1S/C36H42ClF3N8O2.C36H42ClFN8O2.C33H36ClN7O3.2CH4.6H2S/c1-41-20-27-21-47(18-19-48(27)32(49)13-7-15-44(2)24-36(38,39)40)34-28-14-17-46(31-12-5-9-25-8-4-11-29(37)33(25)31)22-30(28)42-35(43-34)50-23-26-10-6-16-45(26)3;1-39-19-28-22-45(17-18-46(28)33(47)12-6-15-43-20-26(38)21-43)35-29-13-16-44(32-11-4-8-25-7-3-10-30(37)34(25)32)23-31(29)40-36(41-35)48-24-27-9-5-14-42(27)2;1-35-19-25-20-40(16-17-41(25)30(43)12-6-18-42)32-26-13-15-39(29-11-4-8-23-7-3-10-27(34)31(23)29)21-28(26)36-33(37-32)44-22-24-9-5-14-38(24)2;;;;;;;;/h4-5,7-9,11-13,26-27H,6,10,14-24H2,2-3H3;3-4,6-8,10-12,26-28H,5,9,13-24H2,2H3;3-4,7-8,10-11,24-25,42H,5,9,13-22H2,2H3;2*1H4;6*1H2/b13-7+;12-6+;;;;;;;;;/t26-,27-;27-,28-;24-,25-;;;;;;;;/m000......../s1. The van der Waals surface area contributed by atoms with Crippen molar-refractivity contribution in [2.24, 2.45) is 0 Å². The van der Waals surface area contributed by atoms with E-state index in [2.05, 4.69) is 158 Å². The lowest BCUT2D eigenvalue weighted by molar-refractivity contribution is -0.142. The number of hydrogen-bond donors (Lipinski definition) is 1. The zero-order valence-electron chi connectivity index (χ0n) is 83.6. The molecule has 7 saturated heterocycles. The van der Waals surface area contributed by atoms with Gasteiger partial charge < -0.3 is 92.7 Å². The number of carbonyl (C=O) groups is 3. The minimum absolute atomic E-state index is 0. The molecule has 43 heteroatoms. The topological polar surface area (TPSA) is 235 Å². The predicted octanol–water partition coefficient (Wildman–Crippen LogP) is 15.0. The third-order valence-corrected chi connectivity index (χ3v) is 29.8. The van der Waals surface area contributed by atoms with E-state index in [1.807, 2.05) is 47.4 Å². The largest absolute Gasteiger partial charge is 0.462 e. The first-order valence-electron chi connectivity index (χ1n) is 49.0.